The Labute approximate surface area is 101 Å². The molecule has 2 aromatic carbocycles. The lowest BCUT2D eigenvalue weighted by molar-refractivity contribution is 0.306. The first-order valence-electron chi connectivity index (χ1n) is 5.53. The first kappa shape index (κ1) is 11.5. The minimum absolute atomic E-state index is 0.579. The Morgan fingerprint density at radius 3 is 2.24 bits per heavy atom. The molecule has 0 aliphatic carbocycles. The van der Waals surface area contributed by atoms with Gasteiger partial charge in [-0.1, -0.05) is 29.8 Å². The smallest absolute Gasteiger partial charge is 0.119 e. The number of nitrogen functional groups attached to an aromatic ring is 1. The number of rotatable bonds is 4. The van der Waals surface area contributed by atoms with Crippen LogP contribution in [0.3, 0.4) is 0 Å². The first-order valence-corrected chi connectivity index (χ1v) is 5.53. The predicted octanol–water partition coefficient (Wildman–Crippen LogP) is 2.86. The molecule has 88 valence electrons. The summed E-state index contributed by atoms with van der Waals surface area (Å²) in [5.41, 5.74) is 5.87. The van der Waals surface area contributed by atoms with Crippen molar-refractivity contribution in [3.63, 3.8) is 0 Å². The predicted molar refractivity (Wildman–Crippen MR) is 69.8 cm³/mol. The summed E-state index contributed by atoms with van der Waals surface area (Å²) in [5.74, 6) is 6.13. The highest BCUT2D eigenvalue weighted by Crippen LogP contribution is 2.16. The van der Waals surface area contributed by atoms with Gasteiger partial charge in [-0.3, -0.25) is 5.84 Å². The molecule has 0 bridgehead atoms. The van der Waals surface area contributed by atoms with Gasteiger partial charge >= 0.3 is 0 Å². The second kappa shape index (κ2) is 5.37. The van der Waals surface area contributed by atoms with Crippen LogP contribution in [0.25, 0.3) is 0 Å². The number of nitrogens with two attached hydrogens (primary N) is 1. The van der Waals surface area contributed by atoms with Crippen molar-refractivity contribution in [3.05, 3.63) is 59.7 Å². The van der Waals surface area contributed by atoms with E-state index in [0.717, 1.165) is 17.0 Å². The molecule has 0 unspecified atom stereocenters. The van der Waals surface area contributed by atoms with Crippen LogP contribution in [-0.2, 0) is 6.61 Å². The normalized spacial score (nSPS) is 10.0. The number of aryl methyl sites for hydroxylation is 1. The van der Waals surface area contributed by atoms with Crippen LogP contribution in [0.15, 0.2) is 48.5 Å². The van der Waals surface area contributed by atoms with Gasteiger partial charge in [0.15, 0.2) is 0 Å². The maximum absolute atomic E-state index is 5.66. The number of nitrogens with one attached hydrogen (secondary N) is 1. The van der Waals surface area contributed by atoms with Crippen LogP contribution in [0.5, 0.6) is 5.75 Å². The Morgan fingerprint density at radius 1 is 1.00 bits per heavy atom. The maximum Gasteiger partial charge on any atom is 0.119 e. The van der Waals surface area contributed by atoms with Gasteiger partial charge in [0, 0.05) is 5.69 Å². The van der Waals surface area contributed by atoms with Crippen LogP contribution < -0.4 is 16.0 Å². The van der Waals surface area contributed by atoms with Gasteiger partial charge in [-0.05, 0) is 36.8 Å². The Bertz CT molecular complexity index is 463. The molecule has 3 N–H and O–H groups in total. The third kappa shape index (κ3) is 3.23. The zero-order valence-corrected chi connectivity index (χ0v) is 9.81. The molecule has 0 fully saturated rings. The Hall–Kier alpha value is -2.00. The van der Waals surface area contributed by atoms with Crippen molar-refractivity contribution < 1.29 is 4.74 Å². The Kier molecular flexibility index (Phi) is 3.62. The molecule has 0 amide bonds. The van der Waals surface area contributed by atoms with Crippen LogP contribution in [0.4, 0.5) is 5.69 Å². The summed E-state index contributed by atoms with van der Waals surface area (Å²) in [6.07, 6.45) is 0. The largest absolute Gasteiger partial charge is 0.489 e. The van der Waals surface area contributed by atoms with Gasteiger partial charge in [0.1, 0.15) is 12.4 Å². The lowest BCUT2D eigenvalue weighted by Gasteiger charge is -2.07. The van der Waals surface area contributed by atoms with Crippen molar-refractivity contribution in [1.29, 1.82) is 0 Å². The molecule has 0 radical (unpaired) electrons. The molecule has 0 aliphatic heterocycles. The van der Waals surface area contributed by atoms with Crippen molar-refractivity contribution in [2.45, 2.75) is 13.5 Å². The lowest BCUT2D eigenvalue weighted by atomic mass is 10.2. The van der Waals surface area contributed by atoms with E-state index in [2.05, 4.69) is 36.6 Å². The molecule has 3 nitrogen and oxygen atoms in total. The molecule has 0 spiro atoms. The fourth-order valence-corrected chi connectivity index (χ4v) is 1.50. The summed E-state index contributed by atoms with van der Waals surface area (Å²) >= 11 is 0. The minimum atomic E-state index is 0.579. The summed E-state index contributed by atoms with van der Waals surface area (Å²) in [6.45, 7) is 2.65. The van der Waals surface area contributed by atoms with E-state index in [9.17, 15) is 0 Å². The van der Waals surface area contributed by atoms with Crippen molar-refractivity contribution in [3.8, 4) is 5.75 Å². The van der Waals surface area contributed by atoms with Crippen LogP contribution in [0.2, 0.25) is 0 Å². The molecule has 2 aromatic rings. The van der Waals surface area contributed by atoms with Crippen LogP contribution in [0.1, 0.15) is 11.1 Å². The second-order valence-electron chi connectivity index (χ2n) is 3.94. The highest BCUT2D eigenvalue weighted by Gasteiger charge is 1.96. The molecule has 0 atom stereocenters. The van der Waals surface area contributed by atoms with Crippen molar-refractivity contribution >= 4 is 5.69 Å². The van der Waals surface area contributed by atoms with E-state index in [1.807, 2.05) is 24.3 Å². The summed E-state index contributed by atoms with van der Waals surface area (Å²) in [6, 6.07) is 15.9. The zero-order chi connectivity index (χ0) is 12.1. The van der Waals surface area contributed by atoms with Gasteiger partial charge < -0.3 is 10.2 Å². The fourth-order valence-electron chi connectivity index (χ4n) is 1.50. The SMILES string of the molecule is Cc1ccc(COc2ccc(NN)cc2)cc1. The second-order valence-corrected chi connectivity index (χ2v) is 3.94. The molecule has 3 heteroatoms. The van der Waals surface area contributed by atoms with E-state index in [1.54, 1.807) is 0 Å². The Balaban J connectivity index is 1.95. The molecule has 2 rings (SSSR count). The average Bonchev–Trinajstić information content (AvgIpc) is 2.39. The number of hydrazine groups is 1. The quantitative estimate of drug-likeness (QED) is 0.625. The van der Waals surface area contributed by atoms with Gasteiger partial charge in [0.25, 0.3) is 0 Å². The zero-order valence-electron chi connectivity index (χ0n) is 9.81. The molecule has 0 aromatic heterocycles. The van der Waals surface area contributed by atoms with Gasteiger partial charge in [-0.2, -0.15) is 0 Å². The summed E-state index contributed by atoms with van der Waals surface area (Å²) in [4.78, 5) is 0. The van der Waals surface area contributed by atoms with Crippen molar-refractivity contribution in [1.82, 2.24) is 0 Å². The first-order chi connectivity index (χ1) is 8.28. The highest BCUT2D eigenvalue weighted by atomic mass is 16.5. The summed E-state index contributed by atoms with van der Waals surface area (Å²) in [5, 5.41) is 0. The lowest BCUT2D eigenvalue weighted by Crippen LogP contribution is -2.06. The average molecular weight is 228 g/mol. The molecule has 0 saturated heterocycles. The van der Waals surface area contributed by atoms with E-state index in [-0.39, 0.29) is 0 Å². The standard InChI is InChI=1S/C14H16N2O/c1-11-2-4-12(5-3-11)10-17-14-8-6-13(16-15)7-9-14/h2-9,16H,10,15H2,1H3. The van der Waals surface area contributed by atoms with E-state index >= 15 is 0 Å². The number of ether oxygens (including phenoxy) is 1. The van der Waals surface area contributed by atoms with Crippen LogP contribution >= 0.6 is 0 Å². The fraction of sp³-hybridized carbons (Fsp3) is 0.143. The summed E-state index contributed by atoms with van der Waals surface area (Å²) in [7, 11) is 0. The Morgan fingerprint density at radius 2 is 1.65 bits per heavy atom. The number of anilines is 1. The van der Waals surface area contributed by atoms with E-state index in [1.165, 1.54) is 5.56 Å². The van der Waals surface area contributed by atoms with E-state index < -0.39 is 0 Å². The van der Waals surface area contributed by atoms with E-state index in [0.29, 0.717) is 6.61 Å². The molecule has 0 saturated carbocycles. The van der Waals surface area contributed by atoms with Crippen molar-refractivity contribution in [2.75, 3.05) is 5.43 Å². The van der Waals surface area contributed by atoms with Gasteiger partial charge in [-0.25, -0.2) is 0 Å². The minimum Gasteiger partial charge on any atom is -0.489 e. The van der Waals surface area contributed by atoms with Crippen molar-refractivity contribution in [2.24, 2.45) is 5.84 Å². The number of benzene rings is 2. The monoisotopic (exact) mass is 228 g/mol. The highest BCUT2D eigenvalue weighted by molar-refractivity contribution is 5.45. The van der Waals surface area contributed by atoms with Gasteiger partial charge in [-0.15, -0.1) is 0 Å². The number of hydrogen-bond donors (Lipinski definition) is 2. The summed E-state index contributed by atoms with van der Waals surface area (Å²) < 4.78 is 5.66. The third-order valence-electron chi connectivity index (χ3n) is 2.55. The maximum atomic E-state index is 5.66. The topological polar surface area (TPSA) is 47.3 Å². The molecular weight excluding hydrogens is 212 g/mol. The third-order valence-corrected chi connectivity index (χ3v) is 2.55. The van der Waals surface area contributed by atoms with Gasteiger partial charge in [0.2, 0.25) is 0 Å². The van der Waals surface area contributed by atoms with Gasteiger partial charge in [0.05, 0.1) is 0 Å². The molecular formula is C14H16N2O. The number of hydrogen-bond acceptors (Lipinski definition) is 3. The van der Waals surface area contributed by atoms with E-state index in [4.69, 9.17) is 10.6 Å². The molecule has 17 heavy (non-hydrogen) atoms. The van der Waals surface area contributed by atoms with Crippen LogP contribution in [0, 0.1) is 6.92 Å². The van der Waals surface area contributed by atoms with Crippen LogP contribution in [-0.4, -0.2) is 0 Å². The molecule has 0 heterocycles. The molecule has 0 aliphatic rings.